The molecule has 1 unspecified atom stereocenters. The van der Waals surface area contributed by atoms with Gasteiger partial charge in [-0.3, -0.25) is 0 Å². The lowest BCUT2D eigenvalue weighted by Gasteiger charge is -2.30. The number of hydrogen-bond donors (Lipinski definition) is 2. The quantitative estimate of drug-likeness (QED) is 0.609. The molecule has 3 N–H and O–H groups in total. The molecule has 0 amide bonds. The lowest BCUT2D eigenvalue weighted by atomic mass is 10.2. The van der Waals surface area contributed by atoms with E-state index < -0.39 is 10.0 Å². The zero-order chi connectivity index (χ0) is 13.1. The minimum absolute atomic E-state index is 0.293. The predicted molar refractivity (Wildman–Crippen MR) is 71.3 cm³/mol. The first-order valence-electron chi connectivity index (χ1n) is 5.43. The molecule has 0 heterocycles. The average Bonchev–Trinajstić information content (AvgIpc) is 2.19. The van der Waals surface area contributed by atoms with Crippen LogP contribution in [0.15, 0.2) is 24.3 Å². The molecule has 0 fully saturated rings. The molecule has 5 nitrogen and oxygen atoms in total. The smallest absolute Gasteiger partial charge is 0.210 e. The molecule has 0 aromatic heterocycles. The van der Waals surface area contributed by atoms with Gasteiger partial charge >= 0.3 is 0 Å². The van der Waals surface area contributed by atoms with Crippen molar-refractivity contribution in [1.29, 1.82) is 0 Å². The highest BCUT2D eigenvalue weighted by atomic mass is 32.2. The van der Waals surface area contributed by atoms with Crippen LogP contribution >= 0.6 is 0 Å². The Balaban J connectivity index is 2.88. The zero-order valence-electron chi connectivity index (χ0n) is 10.3. The third-order valence-corrected chi connectivity index (χ3v) is 3.19. The van der Waals surface area contributed by atoms with Crippen molar-refractivity contribution in [2.75, 3.05) is 23.4 Å². The molecule has 0 bridgehead atoms. The zero-order valence-corrected chi connectivity index (χ0v) is 11.2. The van der Waals surface area contributed by atoms with Gasteiger partial charge in [-0.05, 0) is 38.1 Å². The van der Waals surface area contributed by atoms with E-state index >= 15 is 0 Å². The van der Waals surface area contributed by atoms with E-state index in [0.717, 1.165) is 11.9 Å². The van der Waals surface area contributed by atoms with E-state index in [9.17, 15) is 8.42 Å². The maximum Gasteiger partial charge on any atom is 0.210 e. The number of nitrogens with two attached hydrogens (primary N) is 1. The maximum absolute atomic E-state index is 11.2. The summed E-state index contributed by atoms with van der Waals surface area (Å²) in [6.45, 7) is 4.48. The molecule has 1 aromatic rings. The summed E-state index contributed by atoms with van der Waals surface area (Å²) in [5, 5.41) is 0. The summed E-state index contributed by atoms with van der Waals surface area (Å²) in [6, 6.07) is 7.34. The van der Waals surface area contributed by atoms with Gasteiger partial charge in [0.25, 0.3) is 0 Å². The number of benzene rings is 1. The number of nitrogens with zero attached hydrogens (tertiary/aromatic N) is 1. The van der Waals surface area contributed by atoms with Gasteiger partial charge in [0.2, 0.25) is 10.0 Å². The highest BCUT2D eigenvalue weighted by Gasteiger charge is 2.16. The van der Waals surface area contributed by atoms with Gasteiger partial charge in [0, 0.05) is 17.9 Å². The van der Waals surface area contributed by atoms with E-state index in [1.807, 2.05) is 24.0 Å². The minimum Gasteiger partial charge on any atom is -0.399 e. The molecule has 17 heavy (non-hydrogen) atoms. The normalized spacial score (nSPS) is 13.4. The molecular formula is C11H19N3O2S. The second-order valence-corrected chi connectivity index (χ2v) is 5.72. The molecule has 0 spiro atoms. The summed E-state index contributed by atoms with van der Waals surface area (Å²) in [7, 11) is -3.21. The Morgan fingerprint density at radius 3 is 2.29 bits per heavy atom. The molecule has 96 valence electrons. The summed E-state index contributed by atoms with van der Waals surface area (Å²) in [5.74, 6) is 0. The largest absolute Gasteiger partial charge is 0.399 e. The topological polar surface area (TPSA) is 75.4 Å². The number of anilines is 2. The van der Waals surface area contributed by atoms with Gasteiger partial charge in [-0.15, -0.1) is 0 Å². The Morgan fingerprint density at radius 2 is 1.88 bits per heavy atom. The number of sulfonamides is 1. The third-order valence-electron chi connectivity index (χ3n) is 2.42. The molecule has 1 aromatic carbocycles. The van der Waals surface area contributed by atoms with Crippen molar-refractivity contribution in [2.24, 2.45) is 0 Å². The Hall–Kier alpha value is -1.27. The van der Waals surface area contributed by atoms with Gasteiger partial charge in [0.1, 0.15) is 0 Å². The summed E-state index contributed by atoms with van der Waals surface area (Å²) in [6.07, 6.45) is 0.860. The van der Waals surface area contributed by atoms with Crippen LogP contribution in [0, 0.1) is 0 Å². The first-order chi connectivity index (χ1) is 7.83. The fourth-order valence-electron chi connectivity index (χ4n) is 1.72. The van der Waals surface area contributed by atoms with Gasteiger partial charge in [-0.1, -0.05) is 0 Å². The van der Waals surface area contributed by atoms with E-state index in [1.54, 1.807) is 19.1 Å². The first-order valence-corrected chi connectivity index (χ1v) is 7.32. The van der Waals surface area contributed by atoms with Crippen LogP contribution in [-0.2, 0) is 10.0 Å². The average molecular weight is 257 g/mol. The highest BCUT2D eigenvalue weighted by Crippen LogP contribution is 2.17. The summed E-state index contributed by atoms with van der Waals surface area (Å²) in [4.78, 5) is 1.94. The molecule has 0 radical (unpaired) electrons. The van der Waals surface area contributed by atoms with Crippen LogP contribution in [0.3, 0.4) is 0 Å². The van der Waals surface area contributed by atoms with Crippen molar-refractivity contribution in [2.45, 2.75) is 20.0 Å². The molecule has 0 aliphatic carbocycles. The molecule has 1 rings (SSSR count). The van der Waals surface area contributed by atoms with E-state index in [4.69, 9.17) is 5.73 Å². The second-order valence-electron chi connectivity index (χ2n) is 3.94. The maximum atomic E-state index is 11.2. The fourth-order valence-corrected chi connectivity index (χ4v) is 2.47. The van der Waals surface area contributed by atoms with Crippen molar-refractivity contribution in [3.05, 3.63) is 24.3 Å². The van der Waals surface area contributed by atoms with Gasteiger partial charge < -0.3 is 10.6 Å². The monoisotopic (exact) mass is 257 g/mol. The number of nitrogens with one attached hydrogen (secondary N) is 1. The predicted octanol–water partition coefficient (Wildman–Crippen LogP) is 0.990. The van der Waals surface area contributed by atoms with Gasteiger partial charge in [-0.25, -0.2) is 8.42 Å². The van der Waals surface area contributed by atoms with E-state index in [2.05, 4.69) is 4.72 Å². The van der Waals surface area contributed by atoms with Crippen LogP contribution in [0.4, 0.5) is 11.4 Å². The lowest BCUT2D eigenvalue weighted by Crippen LogP contribution is -2.46. The van der Waals surface area contributed by atoms with Gasteiger partial charge in [0.05, 0.1) is 12.4 Å². The standard InChI is InChI=1S/C11H19N3O2S/c1-4-14(9(2)13-17(3,15)16)11-7-5-10(12)6-8-11/h5-9,13H,4,12H2,1-3H3. The molecule has 1 atom stereocenters. The lowest BCUT2D eigenvalue weighted by molar-refractivity contribution is 0.555. The SMILES string of the molecule is CCN(c1ccc(N)cc1)C(C)NS(C)(=O)=O. The van der Waals surface area contributed by atoms with Crippen LogP contribution in [-0.4, -0.2) is 27.4 Å². The minimum atomic E-state index is -3.21. The Labute approximate surface area is 103 Å². The Bertz CT molecular complexity index is 456. The van der Waals surface area contributed by atoms with Crippen molar-refractivity contribution >= 4 is 21.4 Å². The van der Waals surface area contributed by atoms with E-state index in [-0.39, 0.29) is 6.17 Å². The van der Waals surface area contributed by atoms with Crippen LogP contribution in [0.1, 0.15) is 13.8 Å². The Morgan fingerprint density at radius 1 is 1.35 bits per heavy atom. The van der Waals surface area contributed by atoms with Crippen molar-refractivity contribution in [3.8, 4) is 0 Å². The van der Waals surface area contributed by atoms with Crippen LogP contribution in [0.5, 0.6) is 0 Å². The van der Waals surface area contributed by atoms with Crippen LogP contribution in [0.25, 0.3) is 0 Å². The second kappa shape index (κ2) is 5.37. The van der Waals surface area contributed by atoms with Crippen molar-refractivity contribution in [1.82, 2.24) is 4.72 Å². The van der Waals surface area contributed by atoms with E-state index in [1.165, 1.54) is 0 Å². The first kappa shape index (κ1) is 13.8. The third kappa shape index (κ3) is 4.24. The molecule has 6 heteroatoms. The number of rotatable bonds is 5. The van der Waals surface area contributed by atoms with Gasteiger partial charge in [0.15, 0.2) is 0 Å². The van der Waals surface area contributed by atoms with Gasteiger partial charge in [-0.2, -0.15) is 4.72 Å². The fraction of sp³-hybridized carbons (Fsp3) is 0.455. The van der Waals surface area contributed by atoms with Crippen LogP contribution in [0.2, 0.25) is 0 Å². The van der Waals surface area contributed by atoms with Crippen molar-refractivity contribution in [3.63, 3.8) is 0 Å². The molecule has 0 aliphatic rings. The highest BCUT2D eigenvalue weighted by molar-refractivity contribution is 7.88. The number of nitrogen functional groups attached to an aromatic ring is 1. The molecule has 0 saturated carbocycles. The van der Waals surface area contributed by atoms with Crippen molar-refractivity contribution < 1.29 is 8.42 Å². The molecule has 0 aliphatic heterocycles. The Kier molecular flexibility index (Phi) is 4.36. The summed E-state index contributed by atoms with van der Waals surface area (Å²) in [5.41, 5.74) is 7.24. The van der Waals surface area contributed by atoms with E-state index in [0.29, 0.717) is 12.2 Å². The molecule has 0 saturated heterocycles. The molecular weight excluding hydrogens is 238 g/mol. The number of hydrogen-bond acceptors (Lipinski definition) is 4. The van der Waals surface area contributed by atoms with Crippen LogP contribution < -0.4 is 15.4 Å². The summed E-state index contributed by atoms with van der Waals surface area (Å²) < 4.78 is 24.9. The summed E-state index contributed by atoms with van der Waals surface area (Å²) >= 11 is 0.